The van der Waals surface area contributed by atoms with Crippen molar-refractivity contribution in [2.45, 2.75) is 53.1 Å². The van der Waals surface area contributed by atoms with E-state index in [1.54, 1.807) is 31.3 Å². The Balaban J connectivity index is 1.64. The Morgan fingerprint density at radius 1 is 1.22 bits per heavy atom. The molecule has 2 aromatic heterocycles. The lowest BCUT2D eigenvalue weighted by atomic mass is 9.87. The number of benzene rings is 1. The minimum Gasteiger partial charge on any atom is -0.386 e. The Labute approximate surface area is 193 Å². The molecule has 0 spiro atoms. The van der Waals surface area contributed by atoms with Crippen molar-refractivity contribution < 1.29 is 9.90 Å². The topological polar surface area (TPSA) is 78.4 Å². The van der Waals surface area contributed by atoms with Gasteiger partial charge in [0.25, 0.3) is 5.91 Å². The third-order valence-electron chi connectivity index (χ3n) is 6.30. The number of carbonyl (C=O) groups is 1. The second-order valence-electron chi connectivity index (χ2n) is 9.61. The normalized spacial score (nSPS) is 15.5. The number of aliphatic hydroxyl groups is 1. The molecule has 3 aromatic rings. The molecule has 2 N–H and O–H groups in total. The van der Waals surface area contributed by atoms with E-state index >= 15 is 0 Å². The molecule has 0 radical (unpaired) electrons. The number of carbonyl (C=O) groups excluding carboxylic acids is 1. The number of rotatable bonds is 5. The molecule has 0 aliphatic carbocycles. The summed E-state index contributed by atoms with van der Waals surface area (Å²) in [5.74, 6) is 1.20. The second-order valence-corrected chi connectivity index (χ2v) is 10.6. The van der Waals surface area contributed by atoms with E-state index < -0.39 is 5.60 Å². The van der Waals surface area contributed by atoms with Crippen LogP contribution in [0.3, 0.4) is 0 Å². The number of piperidine rings is 1. The van der Waals surface area contributed by atoms with Crippen molar-refractivity contribution >= 4 is 38.3 Å². The number of aryl methyl sites for hydroxylation is 1. The predicted molar refractivity (Wildman–Crippen MR) is 132 cm³/mol. The number of amides is 1. The van der Waals surface area contributed by atoms with Gasteiger partial charge in [-0.15, -0.1) is 0 Å². The molecule has 7 heteroatoms. The fraction of sp³-hybridized carbons (Fsp3) is 0.480. The average molecular weight is 453 g/mol. The van der Waals surface area contributed by atoms with E-state index in [0.717, 1.165) is 46.0 Å². The Morgan fingerprint density at radius 3 is 2.56 bits per heavy atom. The van der Waals surface area contributed by atoms with Crippen molar-refractivity contribution in [1.29, 1.82) is 0 Å². The SMILES string of the molecule is Cc1cccc(C(=O)Nc2cc3sc(N4CCC(C(C)C)CC4)nc3cc2C(C)(C)O)n1. The lowest BCUT2D eigenvalue weighted by Crippen LogP contribution is -2.35. The average Bonchev–Trinajstić information content (AvgIpc) is 3.15. The first-order valence-corrected chi connectivity index (χ1v) is 12.1. The quantitative estimate of drug-likeness (QED) is 0.545. The second kappa shape index (κ2) is 8.79. The molecule has 1 aliphatic rings. The van der Waals surface area contributed by atoms with Gasteiger partial charge >= 0.3 is 0 Å². The van der Waals surface area contributed by atoms with Crippen LogP contribution in [0, 0.1) is 18.8 Å². The van der Waals surface area contributed by atoms with Crippen LogP contribution in [0.5, 0.6) is 0 Å². The minimum atomic E-state index is -1.13. The fourth-order valence-corrected chi connectivity index (χ4v) is 5.36. The molecule has 4 rings (SSSR count). The summed E-state index contributed by atoms with van der Waals surface area (Å²) >= 11 is 1.64. The number of aromatic nitrogens is 2. The first-order chi connectivity index (χ1) is 15.1. The van der Waals surface area contributed by atoms with E-state index in [2.05, 4.69) is 29.0 Å². The van der Waals surface area contributed by atoms with Crippen LogP contribution in [0.25, 0.3) is 10.2 Å². The highest BCUT2D eigenvalue weighted by Gasteiger charge is 2.26. The zero-order chi connectivity index (χ0) is 23.0. The molecule has 1 saturated heterocycles. The van der Waals surface area contributed by atoms with Crippen molar-refractivity contribution in [1.82, 2.24) is 9.97 Å². The van der Waals surface area contributed by atoms with Crippen molar-refractivity contribution in [3.05, 3.63) is 47.3 Å². The number of anilines is 2. The minimum absolute atomic E-state index is 0.293. The summed E-state index contributed by atoms with van der Waals surface area (Å²) in [6.45, 7) is 11.9. The Morgan fingerprint density at radius 2 is 1.94 bits per heavy atom. The molecular formula is C25H32N4O2S. The van der Waals surface area contributed by atoms with Crippen LogP contribution in [0.2, 0.25) is 0 Å². The van der Waals surface area contributed by atoms with Gasteiger partial charge in [-0.25, -0.2) is 9.97 Å². The zero-order valence-electron chi connectivity index (χ0n) is 19.5. The monoisotopic (exact) mass is 452 g/mol. The van der Waals surface area contributed by atoms with Crippen molar-refractivity contribution in [3.8, 4) is 0 Å². The lowest BCUT2D eigenvalue weighted by molar-refractivity contribution is 0.0794. The van der Waals surface area contributed by atoms with E-state index in [4.69, 9.17) is 4.98 Å². The van der Waals surface area contributed by atoms with E-state index in [9.17, 15) is 9.90 Å². The molecule has 32 heavy (non-hydrogen) atoms. The number of pyridine rings is 1. The smallest absolute Gasteiger partial charge is 0.274 e. The summed E-state index contributed by atoms with van der Waals surface area (Å²) in [6.07, 6.45) is 2.38. The van der Waals surface area contributed by atoms with Gasteiger partial charge in [-0.1, -0.05) is 31.3 Å². The third-order valence-corrected chi connectivity index (χ3v) is 7.38. The third kappa shape index (κ3) is 4.79. The van der Waals surface area contributed by atoms with Crippen LogP contribution in [-0.2, 0) is 5.60 Å². The molecule has 0 unspecified atom stereocenters. The van der Waals surface area contributed by atoms with E-state index in [-0.39, 0.29) is 5.91 Å². The molecule has 1 aliphatic heterocycles. The molecule has 1 amide bonds. The molecule has 0 bridgehead atoms. The fourth-order valence-electron chi connectivity index (χ4n) is 4.32. The van der Waals surface area contributed by atoms with Gasteiger partial charge < -0.3 is 15.3 Å². The molecule has 0 saturated carbocycles. The maximum absolute atomic E-state index is 12.8. The molecule has 6 nitrogen and oxygen atoms in total. The summed E-state index contributed by atoms with van der Waals surface area (Å²) in [6, 6.07) is 9.19. The number of nitrogens with zero attached hydrogens (tertiary/aromatic N) is 3. The van der Waals surface area contributed by atoms with Gasteiger partial charge in [0.2, 0.25) is 0 Å². The Hall–Kier alpha value is -2.51. The Bertz CT molecular complexity index is 1120. The predicted octanol–water partition coefficient (Wildman–Crippen LogP) is 5.35. The van der Waals surface area contributed by atoms with Gasteiger partial charge in [-0.2, -0.15) is 0 Å². The summed E-state index contributed by atoms with van der Waals surface area (Å²) in [7, 11) is 0. The first-order valence-electron chi connectivity index (χ1n) is 11.3. The number of nitrogens with one attached hydrogen (secondary N) is 1. The van der Waals surface area contributed by atoms with E-state index in [0.29, 0.717) is 16.9 Å². The molecule has 3 heterocycles. The van der Waals surface area contributed by atoms with Gasteiger partial charge in [0.1, 0.15) is 5.69 Å². The highest BCUT2D eigenvalue weighted by Crippen LogP contribution is 2.38. The van der Waals surface area contributed by atoms with Crippen LogP contribution in [0.1, 0.15) is 62.3 Å². The lowest BCUT2D eigenvalue weighted by Gasteiger charge is -2.33. The zero-order valence-corrected chi connectivity index (χ0v) is 20.3. The summed E-state index contributed by atoms with van der Waals surface area (Å²) < 4.78 is 0.992. The Kier molecular flexibility index (Phi) is 6.23. The van der Waals surface area contributed by atoms with Gasteiger partial charge in [0.05, 0.1) is 15.8 Å². The van der Waals surface area contributed by atoms with Gasteiger partial charge in [-0.3, -0.25) is 4.79 Å². The van der Waals surface area contributed by atoms with Crippen molar-refractivity contribution in [2.24, 2.45) is 11.8 Å². The summed E-state index contributed by atoms with van der Waals surface area (Å²) in [5, 5.41) is 14.8. The van der Waals surface area contributed by atoms with Crippen LogP contribution >= 0.6 is 11.3 Å². The molecule has 0 atom stereocenters. The maximum atomic E-state index is 12.8. The number of hydrogen-bond acceptors (Lipinski definition) is 6. The van der Waals surface area contributed by atoms with Crippen LogP contribution in [0.4, 0.5) is 10.8 Å². The van der Waals surface area contributed by atoms with Gasteiger partial charge in [0, 0.05) is 30.0 Å². The highest BCUT2D eigenvalue weighted by atomic mass is 32.1. The molecular weight excluding hydrogens is 420 g/mol. The number of hydrogen-bond donors (Lipinski definition) is 2. The first kappa shape index (κ1) is 22.7. The standard InChI is InChI=1S/C25H32N4O2S/c1-15(2)17-9-11-29(12-10-17)24-28-21-13-18(25(4,5)31)20(14-22(21)32-24)27-23(30)19-8-6-7-16(3)26-19/h6-8,13-15,17,31H,9-12H2,1-5H3,(H,27,30). The highest BCUT2D eigenvalue weighted by molar-refractivity contribution is 7.22. The maximum Gasteiger partial charge on any atom is 0.274 e. The van der Waals surface area contributed by atoms with Crippen LogP contribution in [0.15, 0.2) is 30.3 Å². The van der Waals surface area contributed by atoms with Crippen molar-refractivity contribution in [2.75, 3.05) is 23.3 Å². The van der Waals surface area contributed by atoms with Crippen molar-refractivity contribution in [3.63, 3.8) is 0 Å². The van der Waals surface area contributed by atoms with Gasteiger partial charge in [0.15, 0.2) is 5.13 Å². The molecule has 1 fully saturated rings. The van der Waals surface area contributed by atoms with E-state index in [1.165, 1.54) is 12.8 Å². The van der Waals surface area contributed by atoms with E-state index in [1.807, 2.05) is 31.2 Å². The molecule has 1 aromatic carbocycles. The largest absolute Gasteiger partial charge is 0.386 e. The molecule has 170 valence electrons. The van der Waals surface area contributed by atoms with Gasteiger partial charge in [-0.05, 0) is 69.7 Å². The summed E-state index contributed by atoms with van der Waals surface area (Å²) in [5.41, 5.74) is 2.08. The van der Waals surface area contributed by atoms with Crippen LogP contribution < -0.4 is 10.2 Å². The number of fused-ring (bicyclic) bond motifs is 1. The number of thiazole rings is 1. The van der Waals surface area contributed by atoms with Crippen LogP contribution in [-0.4, -0.2) is 34.1 Å². The summed E-state index contributed by atoms with van der Waals surface area (Å²) in [4.78, 5) is 24.4.